The topological polar surface area (TPSA) is 50.4 Å². The van der Waals surface area contributed by atoms with E-state index in [0.29, 0.717) is 5.92 Å². The van der Waals surface area contributed by atoms with Crippen LogP contribution in [-0.4, -0.2) is 11.7 Å². The lowest BCUT2D eigenvalue weighted by molar-refractivity contribution is 0.0552. The van der Waals surface area contributed by atoms with Crippen LogP contribution in [0.1, 0.15) is 47.5 Å². The Kier molecular flexibility index (Phi) is 10.7. The number of ether oxygens (including phenoxy) is 1. The minimum Gasteiger partial charge on any atom is -0.444 e. The molecule has 0 bridgehead atoms. The monoisotopic (exact) mass is 366 g/mol. The number of halogens is 1. The summed E-state index contributed by atoms with van der Waals surface area (Å²) in [5.41, 5.74) is 1.68. The summed E-state index contributed by atoms with van der Waals surface area (Å²) in [7, 11) is 0. The first kappa shape index (κ1) is 23.1. The van der Waals surface area contributed by atoms with E-state index in [2.05, 4.69) is 37.6 Å². The highest BCUT2D eigenvalue weighted by atomic mass is 35.5. The molecule has 1 unspecified atom stereocenters. The number of nitrogens with one attached hydrogen (secondary N) is 2. The Morgan fingerprint density at radius 2 is 1.88 bits per heavy atom. The molecule has 0 aliphatic heterocycles. The minimum atomic E-state index is -0.470. The van der Waals surface area contributed by atoms with Crippen molar-refractivity contribution >= 4 is 23.4 Å². The minimum absolute atomic E-state index is 0.437. The Morgan fingerprint density at radius 3 is 2.32 bits per heavy atom. The van der Waals surface area contributed by atoms with Gasteiger partial charge in [-0.25, -0.2) is 4.79 Å². The van der Waals surface area contributed by atoms with Gasteiger partial charge in [0.15, 0.2) is 0 Å². The molecule has 0 fully saturated rings. The molecule has 25 heavy (non-hydrogen) atoms. The SMILES string of the molecule is C=C(Nc1ccc(Cl)cc1)C(C)CCC.C=CNC(=O)OC(C)(C)C. The van der Waals surface area contributed by atoms with Crippen molar-refractivity contribution in [3.63, 3.8) is 0 Å². The van der Waals surface area contributed by atoms with Crippen LogP contribution < -0.4 is 10.6 Å². The molecule has 0 radical (unpaired) electrons. The zero-order valence-electron chi connectivity index (χ0n) is 16.0. The Bertz CT molecular complexity index is 548. The van der Waals surface area contributed by atoms with Crippen LogP contribution in [0.25, 0.3) is 0 Å². The molecule has 0 aromatic heterocycles. The molecule has 0 saturated carbocycles. The van der Waals surface area contributed by atoms with Crippen LogP contribution in [0, 0.1) is 5.92 Å². The molecule has 4 nitrogen and oxygen atoms in total. The van der Waals surface area contributed by atoms with Crippen LogP contribution in [0.15, 0.2) is 49.3 Å². The quantitative estimate of drug-likeness (QED) is 0.616. The standard InChI is InChI=1S/C13H18ClN.C7H13NO2/c1-4-5-10(2)11(3)15-13-8-6-12(14)7-9-13;1-5-8-6(9)10-7(2,3)4/h6-10,15H,3-5H2,1-2H3;5H,1H2,2-4H3,(H,8,9). The molecule has 0 aliphatic rings. The highest BCUT2D eigenvalue weighted by molar-refractivity contribution is 6.30. The molecule has 1 atom stereocenters. The van der Waals surface area contributed by atoms with Crippen molar-refractivity contribution in [3.8, 4) is 0 Å². The van der Waals surface area contributed by atoms with Crippen LogP contribution in [0.5, 0.6) is 0 Å². The molecule has 0 heterocycles. The zero-order valence-corrected chi connectivity index (χ0v) is 16.7. The molecule has 2 N–H and O–H groups in total. The van der Waals surface area contributed by atoms with Gasteiger partial charge in [-0.05, 0) is 63.6 Å². The second-order valence-electron chi connectivity index (χ2n) is 6.70. The second-order valence-corrected chi connectivity index (χ2v) is 7.13. The summed E-state index contributed by atoms with van der Waals surface area (Å²) in [6, 6.07) is 7.68. The van der Waals surface area contributed by atoms with Gasteiger partial charge in [-0.3, -0.25) is 5.32 Å². The molecule has 0 saturated heterocycles. The van der Waals surface area contributed by atoms with Gasteiger partial charge in [0.1, 0.15) is 5.60 Å². The summed E-state index contributed by atoms with van der Waals surface area (Å²) in [5.74, 6) is 0.505. The maximum atomic E-state index is 10.7. The van der Waals surface area contributed by atoms with Gasteiger partial charge in [0.05, 0.1) is 0 Å². The Morgan fingerprint density at radius 1 is 1.32 bits per heavy atom. The molecule has 0 spiro atoms. The van der Waals surface area contributed by atoms with Gasteiger partial charge >= 0.3 is 6.09 Å². The van der Waals surface area contributed by atoms with E-state index >= 15 is 0 Å². The number of anilines is 1. The largest absolute Gasteiger partial charge is 0.444 e. The van der Waals surface area contributed by atoms with E-state index in [9.17, 15) is 4.79 Å². The van der Waals surface area contributed by atoms with Crippen LogP contribution in [0.4, 0.5) is 10.5 Å². The highest BCUT2D eigenvalue weighted by Gasteiger charge is 2.14. The Labute approximate surface area is 157 Å². The predicted octanol–water partition coefficient (Wildman–Crippen LogP) is 6.36. The fourth-order valence-corrected chi connectivity index (χ4v) is 1.97. The van der Waals surface area contributed by atoms with E-state index in [1.165, 1.54) is 19.0 Å². The summed E-state index contributed by atoms with van der Waals surface area (Å²) in [4.78, 5) is 10.7. The van der Waals surface area contributed by atoms with E-state index in [1.54, 1.807) is 20.8 Å². The van der Waals surface area contributed by atoms with Gasteiger partial charge in [0.25, 0.3) is 0 Å². The number of allylic oxidation sites excluding steroid dienone is 1. The van der Waals surface area contributed by atoms with Gasteiger partial charge in [0.2, 0.25) is 0 Å². The fourth-order valence-electron chi connectivity index (χ4n) is 1.84. The normalized spacial score (nSPS) is 11.4. The first-order valence-electron chi connectivity index (χ1n) is 8.40. The number of rotatable bonds is 6. The first-order chi connectivity index (χ1) is 11.6. The smallest absolute Gasteiger partial charge is 0.411 e. The fraction of sp³-hybridized carbons (Fsp3) is 0.450. The number of carbonyl (C=O) groups is 1. The van der Waals surface area contributed by atoms with Crippen LogP contribution in [-0.2, 0) is 4.74 Å². The molecular weight excluding hydrogens is 336 g/mol. The maximum Gasteiger partial charge on any atom is 0.411 e. The van der Waals surface area contributed by atoms with Crippen molar-refractivity contribution in [1.29, 1.82) is 0 Å². The number of alkyl carbamates (subject to hydrolysis) is 1. The summed E-state index contributed by atoms with van der Waals surface area (Å²) in [5, 5.41) is 6.36. The third kappa shape index (κ3) is 12.1. The average molecular weight is 367 g/mol. The van der Waals surface area contributed by atoms with Crippen LogP contribution in [0.2, 0.25) is 5.02 Å². The maximum absolute atomic E-state index is 10.7. The van der Waals surface area contributed by atoms with E-state index in [-0.39, 0.29) is 0 Å². The van der Waals surface area contributed by atoms with Gasteiger partial charge in [-0.1, -0.05) is 45.0 Å². The van der Waals surface area contributed by atoms with Gasteiger partial charge in [-0.2, -0.15) is 0 Å². The molecule has 1 rings (SSSR count). The van der Waals surface area contributed by atoms with Crippen molar-refractivity contribution in [2.24, 2.45) is 5.92 Å². The lowest BCUT2D eigenvalue weighted by atomic mass is 10.0. The highest BCUT2D eigenvalue weighted by Crippen LogP contribution is 2.19. The van der Waals surface area contributed by atoms with Gasteiger partial charge < -0.3 is 10.1 Å². The summed E-state index contributed by atoms with van der Waals surface area (Å²) in [6.07, 6.45) is 3.16. The van der Waals surface area contributed by atoms with Crippen LogP contribution in [0.3, 0.4) is 0 Å². The summed E-state index contributed by atoms with van der Waals surface area (Å²) in [6.45, 7) is 17.1. The Hall–Kier alpha value is -1.94. The Balaban J connectivity index is 0.000000504. The lowest BCUT2D eigenvalue weighted by Crippen LogP contribution is -2.29. The predicted molar refractivity (Wildman–Crippen MR) is 108 cm³/mol. The van der Waals surface area contributed by atoms with E-state index < -0.39 is 11.7 Å². The average Bonchev–Trinajstić information content (AvgIpc) is 2.49. The van der Waals surface area contributed by atoms with Gasteiger partial charge in [0, 0.05) is 16.4 Å². The van der Waals surface area contributed by atoms with Crippen molar-refractivity contribution in [2.75, 3.05) is 5.32 Å². The van der Waals surface area contributed by atoms with E-state index in [1.807, 2.05) is 24.3 Å². The zero-order chi connectivity index (χ0) is 19.5. The summed E-state index contributed by atoms with van der Waals surface area (Å²) >= 11 is 5.81. The molecular formula is C20H31ClN2O2. The molecule has 1 aromatic rings. The molecule has 1 aromatic carbocycles. The number of hydrogen-bond donors (Lipinski definition) is 2. The van der Waals surface area contributed by atoms with E-state index in [0.717, 1.165) is 16.4 Å². The number of amides is 1. The van der Waals surface area contributed by atoms with Crippen molar-refractivity contribution in [2.45, 2.75) is 53.1 Å². The number of carbonyl (C=O) groups excluding carboxylic acids is 1. The molecule has 140 valence electrons. The second kappa shape index (κ2) is 11.6. The number of hydrogen-bond acceptors (Lipinski definition) is 3. The third-order valence-electron chi connectivity index (χ3n) is 3.08. The van der Waals surface area contributed by atoms with Crippen molar-refractivity contribution < 1.29 is 9.53 Å². The molecule has 0 aliphatic carbocycles. The van der Waals surface area contributed by atoms with Crippen molar-refractivity contribution in [3.05, 3.63) is 54.3 Å². The number of benzene rings is 1. The van der Waals surface area contributed by atoms with Crippen molar-refractivity contribution in [1.82, 2.24) is 5.32 Å². The van der Waals surface area contributed by atoms with Crippen LogP contribution >= 0.6 is 11.6 Å². The van der Waals surface area contributed by atoms with Gasteiger partial charge in [-0.15, -0.1) is 0 Å². The molecule has 1 amide bonds. The van der Waals surface area contributed by atoms with E-state index in [4.69, 9.17) is 16.3 Å². The lowest BCUT2D eigenvalue weighted by Gasteiger charge is -2.18. The summed E-state index contributed by atoms with van der Waals surface area (Å²) < 4.78 is 4.86. The molecule has 5 heteroatoms. The third-order valence-corrected chi connectivity index (χ3v) is 3.34. The first-order valence-corrected chi connectivity index (χ1v) is 8.78.